The molecule has 1 aliphatic heterocycles. The summed E-state index contributed by atoms with van der Waals surface area (Å²) in [5.41, 5.74) is 4.15. The van der Waals surface area contributed by atoms with Crippen molar-refractivity contribution in [3.05, 3.63) is 58.7 Å². The molecule has 28 heavy (non-hydrogen) atoms. The summed E-state index contributed by atoms with van der Waals surface area (Å²) in [5, 5.41) is 5.27. The fourth-order valence-electron chi connectivity index (χ4n) is 3.87. The van der Waals surface area contributed by atoms with Gasteiger partial charge in [0.05, 0.1) is 16.6 Å². The second kappa shape index (κ2) is 7.31. The van der Waals surface area contributed by atoms with Crippen LogP contribution in [0, 0.1) is 19.7 Å². The van der Waals surface area contributed by atoms with E-state index in [1.165, 1.54) is 12.1 Å². The molecule has 1 aromatic carbocycles. The molecule has 1 saturated heterocycles. The number of rotatable bonds is 3. The number of aryl methyl sites for hydroxylation is 3. The number of nitrogens with zero attached hydrogens (tertiary/aromatic N) is 5. The van der Waals surface area contributed by atoms with E-state index in [-0.39, 0.29) is 11.7 Å². The summed E-state index contributed by atoms with van der Waals surface area (Å²) in [7, 11) is 1.85. The molecule has 6 nitrogen and oxygen atoms in total. The highest BCUT2D eigenvalue weighted by atomic mass is 19.1. The molecule has 0 aliphatic carbocycles. The standard InChI is InChI=1S/C21H24FN5O/c1-14-12-18(19-15(2)24-25(3)20(19)23-14)21(28)27-10-8-26(9-11-27)13-16-4-6-17(22)7-5-16/h4-7,12H,8-11,13H2,1-3H3. The number of carbonyl (C=O) groups excluding carboxylic acids is 1. The average molecular weight is 381 g/mol. The van der Waals surface area contributed by atoms with Crippen LogP contribution in [0.4, 0.5) is 4.39 Å². The molecule has 0 saturated carbocycles. The Morgan fingerprint density at radius 2 is 1.79 bits per heavy atom. The van der Waals surface area contributed by atoms with Crippen molar-refractivity contribution in [3.63, 3.8) is 0 Å². The zero-order chi connectivity index (χ0) is 19.8. The molecule has 2 aromatic heterocycles. The van der Waals surface area contributed by atoms with E-state index in [2.05, 4.69) is 15.0 Å². The fraction of sp³-hybridized carbons (Fsp3) is 0.381. The minimum atomic E-state index is -0.219. The molecule has 0 radical (unpaired) electrons. The van der Waals surface area contributed by atoms with Gasteiger partial charge in [0.2, 0.25) is 0 Å². The second-order valence-corrected chi connectivity index (χ2v) is 7.41. The van der Waals surface area contributed by atoms with E-state index in [0.717, 1.165) is 47.6 Å². The van der Waals surface area contributed by atoms with Gasteiger partial charge in [0, 0.05) is 45.5 Å². The van der Waals surface area contributed by atoms with E-state index >= 15 is 0 Å². The first-order valence-electron chi connectivity index (χ1n) is 9.49. The van der Waals surface area contributed by atoms with Crippen LogP contribution in [0.15, 0.2) is 30.3 Å². The molecule has 3 aromatic rings. The Labute approximate surface area is 163 Å². The minimum Gasteiger partial charge on any atom is -0.336 e. The Balaban J connectivity index is 1.49. The van der Waals surface area contributed by atoms with Crippen molar-refractivity contribution in [3.8, 4) is 0 Å². The van der Waals surface area contributed by atoms with Crippen molar-refractivity contribution in [2.45, 2.75) is 20.4 Å². The van der Waals surface area contributed by atoms with Gasteiger partial charge in [-0.05, 0) is 37.6 Å². The molecule has 1 aliphatic rings. The lowest BCUT2D eigenvalue weighted by Gasteiger charge is -2.35. The van der Waals surface area contributed by atoms with Crippen molar-refractivity contribution in [1.82, 2.24) is 24.6 Å². The maximum absolute atomic E-state index is 13.2. The number of fused-ring (bicyclic) bond motifs is 1. The van der Waals surface area contributed by atoms with Crippen LogP contribution < -0.4 is 0 Å². The normalized spacial score (nSPS) is 15.4. The maximum Gasteiger partial charge on any atom is 0.254 e. The first-order valence-corrected chi connectivity index (χ1v) is 9.49. The molecule has 7 heteroatoms. The predicted octanol–water partition coefficient (Wildman–Crippen LogP) is 2.68. The van der Waals surface area contributed by atoms with E-state index < -0.39 is 0 Å². The number of piperazine rings is 1. The highest BCUT2D eigenvalue weighted by Crippen LogP contribution is 2.23. The Morgan fingerprint density at radius 3 is 2.46 bits per heavy atom. The highest BCUT2D eigenvalue weighted by molar-refractivity contribution is 6.06. The van der Waals surface area contributed by atoms with Crippen molar-refractivity contribution < 1.29 is 9.18 Å². The van der Waals surface area contributed by atoms with Crippen molar-refractivity contribution >= 4 is 16.9 Å². The first kappa shape index (κ1) is 18.6. The molecule has 0 bridgehead atoms. The maximum atomic E-state index is 13.2. The number of amides is 1. The van der Waals surface area contributed by atoms with E-state index in [1.807, 2.05) is 44.0 Å². The summed E-state index contributed by atoms with van der Waals surface area (Å²) >= 11 is 0. The summed E-state index contributed by atoms with van der Waals surface area (Å²) < 4.78 is 14.8. The van der Waals surface area contributed by atoms with Gasteiger partial charge in [0.25, 0.3) is 5.91 Å². The number of aromatic nitrogens is 3. The largest absolute Gasteiger partial charge is 0.336 e. The Hall–Kier alpha value is -2.80. The molecule has 0 unspecified atom stereocenters. The van der Waals surface area contributed by atoms with Crippen LogP contribution in [0.2, 0.25) is 0 Å². The summed E-state index contributed by atoms with van der Waals surface area (Å²) in [6, 6.07) is 8.47. The van der Waals surface area contributed by atoms with Gasteiger partial charge in [-0.25, -0.2) is 9.37 Å². The predicted molar refractivity (Wildman–Crippen MR) is 106 cm³/mol. The lowest BCUT2D eigenvalue weighted by molar-refractivity contribution is 0.0630. The Kier molecular flexibility index (Phi) is 4.85. The quantitative estimate of drug-likeness (QED) is 0.700. The number of pyridine rings is 1. The summed E-state index contributed by atoms with van der Waals surface area (Å²) in [5.74, 6) is -0.183. The van der Waals surface area contributed by atoms with Crippen molar-refractivity contribution in [2.24, 2.45) is 7.05 Å². The molecular formula is C21H24FN5O. The van der Waals surface area contributed by atoms with Gasteiger partial charge >= 0.3 is 0 Å². The van der Waals surface area contributed by atoms with Crippen LogP contribution >= 0.6 is 0 Å². The second-order valence-electron chi connectivity index (χ2n) is 7.41. The summed E-state index contributed by atoms with van der Waals surface area (Å²) in [6.45, 7) is 7.51. The number of carbonyl (C=O) groups is 1. The van der Waals surface area contributed by atoms with E-state index in [4.69, 9.17) is 0 Å². The summed E-state index contributed by atoms with van der Waals surface area (Å²) in [4.78, 5) is 22.0. The van der Waals surface area contributed by atoms with Gasteiger partial charge in [-0.15, -0.1) is 0 Å². The molecule has 0 atom stereocenters. The third kappa shape index (κ3) is 3.49. The number of benzene rings is 1. The minimum absolute atomic E-state index is 0.0352. The zero-order valence-corrected chi connectivity index (χ0v) is 16.4. The van der Waals surface area contributed by atoms with Gasteiger partial charge in [0.15, 0.2) is 5.65 Å². The third-order valence-corrected chi connectivity index (χ3v) is 5.31. The summed E-state index contributed by atoms with van der Waals surface area (Å²) in [6.07, 6.45) is 0. The zero-order valence-electron chi connectivity index (χ0n) is 16.4. The van der Waals surface area contributed by atoms with Crippen LogP contribution in [0.3, 0.4) is 0 Å². The van der Waals surface area contributed by atoms with Gasteiger partial charge in [0.1, 0.15) is 5.82 Å². The molecule has 3 heterocycles. The lowest BCUT2D eigenvalue weighted by atomic mass is 10.1. The SMILES string of the molecule is Cc1cc(C(=O)N2CCN(Cc3ccc(F)cc3)CC2)c2c(C)nn(C)c2n1. The number of halogens is 1. The van der Waals surface area contributed by atoms with E-state index in [9.17, 15) is 9.18 Å². The van der Waals surface area contributed by atoms with Crippen molar-refractivity contribution in [1.29, 1.82) is 0 Å². The Bertz CT molecular complexity index is 1020. The molecule has 1 fully saturated rings. The van der Waals surface area contributed by atoms with Gasteiger partial charge in [-0.2, -0.15) is 5.10 Å². The van der Waals surface area contributed by atoms with E-state index in [0.29, 0.717) is 18.7 Å². The highest BCUT2D eigenvalue weighted by Gasteiger charge is 2.25. The fourth-order valence-corrected chi connectivity index (χ4v) is 3.87. The van der Waals surface area contributed by atoms with Gasteiger partial charge in [-0.3, -0.25) is 14.4 Å². The Morgan fingerprint density at radius 1 is 1.11 bits per heavy atom. The van der Waals surface area contributed by atoms with E-state index in [1.54, 1.807) is 4.68 Å². The van der Waals surface area contributed by atoms with Crippen LogP contribution in [0.5, 0.6) is 0 Å². The third-order valence-electron chi connectivity index (χ3n) is 5.31. The van der Waals surface area contributed by atoms with Crippen LogP contribution in [-0.4, -0.2) is 56.7 Å². The van der Waals surface area contributed by atoms with Crippen LogP contribution in [-0.2, 0) is 13.6 Å². The number of hydrogen-bond acceptors (Lipinski definition) is 4. The van der Waals surface area contributed by atoms with Gasteiger partial charge in [-0.1, -0.05) is 12.1 Å². The topological polar surface area (TPSA) is 54.3 Å². The van der Waals surface area contributed by atoms with Gasteiger partial charge < -0.3 is 4.90 Å². The average Bonchev–Trinajstić information content (AvgIpc) is 2.97. The molecule has 4 rings (SSSR count). The van der Waals surface area contributed by atoms with Crippen LogP contribution in [0.1, 0.15) is 27.3 Å². The molecule has 0 spiro atoms. The lowest BCUT2D eigenvalue weighted by Crippen LogP contribution is -2.48. The molecule has 1 amide bonds. The first-order chi connectivity index (χ1) is 13.4. The smallest absolute Gasteiger partial charge is 0.254 e. The molecule has 0 N–H and O–H groups in total. The monoisotopic (exact) mass is 381 g/mol. The molecule has 146 valence electrons. The number of hydrogen-bond donors (Lipinski definition) is 0. The van der Waals surface area contributed by atoms with Crippen molar-refractivity contribution in [2.75, 3.05) is 26.2 Å². The van der Waals surface area contributed by atoms with Crippen LogP contribution in [0.25, 0.3) is 11.0 Å². The molecular weight excluding hydrogens is 357 g/mol.